The first kappa shape index (κ1) is 14.5. The minimum Gasteiger partial charge on any atom is -0.368 e. The summed E-state index contributed by atoms with van der Waals surface area (Å²) in [7, 11) is 0. The Morgan fingerprint density at radius 3 is 3.09 bits per heavy atom. The summed E-state index contributed by atoms with van der Waals surface area (Å²) in [6, 6.07) is 4.12. The summed E-state index contributed by atoms with van der Waals surface area (Å²) in [5.74, 6) is 0.472. The van der Waals surface area contributed by atoms with Crippen LogP contribution in [0.15, 0.2) is 30.6 Å². The molecule has 4 heterocycles. The summed E-state index contributed by atoms with van der Waals surface area (Å²) < 4.78 is 5.61. The largest absolute Gasteiger partial charge is 0.368 e. The second-order valence-electron chi connectivity index (χ2n) is 6.42. The molecular formula is C18H21N3O2. The second kappa shape index (κ2) is 5.81. The first-order valence-corrected chi connectivity index (χ1v) is 8.26. The third kappa shape index (κ3) is 2.55. The third-order valence-electron chi connectivity index (χ3n) is 4.96. The zero-order valence-electron chi connectivity index (χ0n) is 13.3. The van der Waals surface area contributed by atoms with Crippen molar-refractivity contribution in [3.8, 4) is 0 Å². The van der Waals surface area contributed by atoms with Gasteiger partial charge in [0, 0.05) is 37.5 Å². The highest BCUT2D eigenvalue weighted by Gasteiger charge is 2.34. The lowest BCUT2D eigenvalue weighted by molar-refractivity contribution is -0.142. The summed E-state index contributed by atoms with van der Waals surface area (Å²) >= 11 is 0. The van der Waals surface area contributed by atoms with Crippen LogP contribution in [0.2, 0.25) is 0 Å². The van der Waals surface area contributed by atoms with Crippen molar-refractivity contribution in [1.82, 2.24) is 14.9 Å². The number of aromatic amines is 1. The molecule has 1 fully saturated rings. The predicted octanol–water partition coefficient (Wildman–Crippen LogP) is 2.60. The molecule has 120 valence electrons. The maximum absolute atomic E-state index is 12.6. The quantitative estimate of drug-likeness (QED) is 0.927. The first-order valence-electron chi connectivity index (χ1n) is 8.26. The van der Waals surface area contributed by atoms with Gasteiger partial charge in [-0.15, -0.1) is 0 Å². The van der Waals surface area contributed by atoms with Gasteiger partial charge in [0.25, 0.3) is 5.91 Å². The Morgan fingerprint density at radius 1 is 1.43 bits per heavy atom. The maximum Gasteiger partial charge on any atom is 0.252 e. The van der Waals surface area contributed by atoms with E-state index in [4.69, 9.17) is 4.74 Å². The van der Waals surface area contributed by atoms with E-state index in [1.165, 1.54) is 11.1 Å². The molecule has 1 saturated heterocycles. The normalized spacial score (nSPS) is 24.9. The van der Waals surface area contributed by atoms with E-state index in [0.717, 1.165) is 30.4 Å². The van der Waals surface area contributed by atoms with Gasteiger partial charge in [0.1, 0.15) is 11.8 Å². The number of nitrogens with zero attached hydrogens (tertiary/aromatic N) is 2. The van der Waals surface area contributed by atoms with Gasteiger partial charge in [-0.1, -0.05) is 13.0 Å². The van der Waals surface area contributed by atoms with Gasteiger partial charge < -0.3 is 14.6 Å². The summed E-state index contributed by atoms with van der Waals surface area (Å²) in [5.41, 5.74) is 3.42. The number of carbonyl (C=O) groups excluding carboxylic acids is 1. The van der Waals surface area contributed by atoms with E-state index in [2.05, 4.69) is 35.1 Å². The summed E-state index contributed by atoms with van der Waals surface area (Å²) in [6.07, 6.45) is 7.52. The highest BCUT2D eigenvalue weighted by molar-refractivity contribution is 5.91. The van der Waals surface area contributed by atoms with Crippen LogP contribution in [0.25, 0.3) is 16.6 Å². The molecule has 2 atom stereocenters. The van der Waals surface area contributed by atoms with Crippen molar-refractivity contribution in [2.45, 2.75) is 25.9 Å². The Morgan fingerprint density at radius 2 is 2.35 bits per heavy atom. The van der Waals surface area contributed by atoms with Gasteiger partial charge in [-0.2, -0.15) is 0 Å². The Balaban J connectivity index is 1.53. The predicted molar refractivity (Wildman–Crippen MR) is 88.8 cm³/mol. The molecule has 5 heteroatoms. The van der Waals surface area contributed by atoms with Gasteiger partial charge >= 0.3 is 0 Å². The summed E-state index contributed by atoms with van der Waals surface area (Å²) in [4.78, 5) is 22.0. The smallest absolute Gasteiger partial charge is 0.252 e. The van der Waals surface area contributed by atoms with Crippen molar-refractivity contribution < 1.29 is 9.53 Å². The Kier molecular flexibility index (Phi) is 3.65. The number of fused-ring (bicyclic) bond motifs is 1. The van der Waals surface area contributed by atoms with E-state index >= 15 is 0 Å². The number of H-pyrrole nitrogens is 1. The molecule has 0 bridgehead atoms. The molecule has 1 amide bonds. The maximum atomic E-state index is 12.6. The van der Waals surface area contributed by atoms with Crippen LogP contribution < -0.4 is 0 Å². The van der Waals surface area contributed by atoms with Gasteiger partial charge in [0.05, 0.1) is 0 Å². The average molecular weight is 311 g/mol. The molecule has 0 unspecified atom stereocenters. The van der Waals surface area contributed by atoms with Crippen LogP contribution in [0.4, 0.5) is 0 Å². The molecule has 2 aliphatic rings. The van der Waals surface area contributed by atoms with E-state index in [1.54, 1.807) is 0 Å². The number of hydrogen-bond donors (Lipinski definition) is 1. The van der Waals surface area contributed by atoms with Crippen LogP contribution >= 0.6 is 0 Å². The molecule has 23 heavy (non-hydrogen) atoms. The van der Waals surface area contributed by atoms with Crippen LogP contribution in [0.5, 0.6) is 0 Å². The van der Waals surface area contributed by atoms with E-state index in [1.807, 2.05) is 17.3 Å². The second-order valence-corrected chi connectivity index (χ2v) is 6.42. The van der Waals surface area contributed by atoms with Gasteiger partial charge in [-0.25, -0.2) is 4.98 Å². The third-order valence-corrected chi connectivity index (χ3v) is 4.96. The molecule has 2 aromatic heterocycles. The number of rotatable bonds is 2. The van der Waals surface area contributed by atoms with Crippen LogP contribution in [-0.2, 0) is 9.53 Å². The van der Waals surface area contributed by atoms with Gasteiger partial charge in [-0.05, 0) is 42.0 Å². The van der Waals surface area contributed by atoms with Crippen LogP contribution in [0.1, 0.15) is 25.3 Å². The van der Waals surface area contributed by atoms with Crippen LogP contribution in [0.3, 0.4) is 0 Å². The standard InChI is InChI=1S/C18H21N3O2/c1-12-6-11-23-16(12)18(22)21-9-4-13(5-10-21)14-2-7-19-17-15(14)3-8-20-17/h2-4,7-8,12,16H,5-6,9-11H2,1H3,(H,19,20)/t12-,16+/m1/s1. The molecule has 1 N–H and O–H groups in total. The zero-order valence-corrected chi connectivity index (χ0v) is 13.3. The number of aromatic nitrogens is 2. The summed E-state index contributed by atoms with van der Waals surface area (Å²) in [6.45, 7) is 4.22. The molecule has 2 aromatic rings. The van der Waals surface area contributed by atoms with E-state index in [9.17, 15) is 4.79 Å². The fourth-order valence-corrected chi connectivity index (χ4v) is 3.55. The first-order chi connectivity index (χ1) is 11.2. The molecule has 4 rings (SSSR count). The molecule has 0 aliphatic carbocycles. The SMILES string of the molecule is C[C@@H]1CCO[C@@H]1C(=O)N1CC=C(c2ccnc3[nH]ccc23)CC1. The van der Waals surface area contributed by atoms with E-state index in [0.29, 0.717) is 19.1 Å². The lowest BCUT2D eigenvalue weighted by Crippen LogP contribution is -2.43. The van der Waals surface area contributed by atoms with Gasteiger partial charge in [-0.3, -0.25) is 4.79 Å². The van der Waals surface area contributed by atoms with Crippen molar-refractivity contribution in [3.63, 3.8) is 0 Å². The molecule has 5 nitrogen and oxygen atoms in total. The Bertz CT molecular complexity index is 764. The van der Waals surface area contributed by atoms with Crippen molar-refractivity contribution in [1.29, 1.82) is 0 Å². The van der Waals surface area contributed by atoms with Crippen molar-refractivity contribution in [3.05, 3.63) is 36.2 Å². The number of hydrogen-bond acceptors (Lipinski definition) is 3. The van der Waals surface area contributed by atoms with Crippen molar-refractivity contribution >= 4 is 22.5 Å². The van der Waals surface area contributed by atoms with E-state index in [-0.39, 0.29) is 12.0 Å². The van der Waals surface area contributed by atoms with Crippen molar-refractivity contribution in [2.24, 2.45) is 5.92 Å². The molecule has 2 aliphatic heterocycles. The molecule has 0 saturated carbocycles. The monoisotopic (exact) mass is 311 g/mol. The number of ether oxygens (including phenoxy) is 1. The zero-order chi connectivity index (χ0) is 15.8. The lowest BCUT2D eigenvalue weighted by Gasteiger charge is -2.29. The molecule has 0 aromatic carbocycles. The molecule has 0 radical (unpaired) electrons. The van der Waals surface area contributed by atoms with Gasteiger partial charge in [0.2, 0.25) is 0 Å². The topological polar surface area (TPSA) is 58.2 Å². The fourth-order valence-electron chi connectivity index (χ4n) is 3.55. The molecular weight excluding hydrogens is 290 g/mol. The number of carbonyl (C=O) groups is 1. The van der Waals surface area contributed by atoms with Gasteiger partial charge in [0.15, 0.2) is 0 Å². The Hall–Kier alpha value is -2.14. The minimum absolute atomic E-state index is 0.145. The minimum atomic E-state index is -0.248. The molecule has 0 spiro atoms. The fraction of sp³-hybridized carbons (Fsp3) is 0.444. The van der Waals surface area contributed by atoms with E-state index < -0.39 is 0 Å². The highest BCUT2D eigenvalue weighted by Crippen LogP contribution is 2.29. The number of amides is 1. The van der Waals surface area contributed by atoms with Crippen LogP contribution in [0, 0.1) is 5.92 Å². The Labute approximate surface area is 135 Å². The van der Waals surface area contributed by atoms with Crippen LogP contribution in [-0.4, -0.2) is 46.6 Å². The summed E-state index contributed by atoms with van der Waals surface area (Å²) in [5, 5.41) is 1.14. The number of pyridine rings is 1. The van der Waals surface area contributed by atoms with Crippen molar-refractivity contribution in [2.75, 3.05) is 19.7 Å². The highest BCUT2D eigenvalue weighted by atomic mass is 16.5. The number of nitrogens with one attached hydrogen (secondary N) is 1. The average Bonchev–Trinajstić information content (AvgIpc) is 3.22. The lowest BCUT2D eigenvalue weighted by atomic mass is 9.97.